The maximum atomic E-state index is 12.9. The zero-order valence-corrected chi connectivity index (χ0v) is 17.5. The van der Waals surface area contributed by atoms with Crippen molar-refractivity contribution in [1.82, 2.24) is 14.8 Å². The second kappa shape index (κ2) is 8.90. The number of carbonyl (C=O) groups is 1. The van der Waals surface area contributed by atoms with Crippen LogP contribution in [-0.4, -0.2) is 53.1 Å². The van der Waals surface area contributed by atoms with Crippen molar-refractivity contribution < 1.29 is 4.79 Å². The van der Waals surface area contributed by atoms with E-state index in [2.05, 4.69) is 22.4 Å². The quantitative estimate of drug-likeness (QED) is 0.582. The molecular weight excluding hydrogens is 386 g/mol. The Morgan fingerprint density at radius 1 is 1.04 bits per heavy atom. The van der Waals surface area contributed by atoms with E-state index in [0.29, 0.717) is 0 Å². The Morgan fingerprint density at radius 3 is 2.50 bits per heavy atom. The number of piperazine rings is 1. The molecule has 0 bridgehead atoms. The summed E-state index contributed by atoms with van der Waals surface area (Å²) in [5.74, 6) is 0.144. The van der Waals surface area contributed by atoms with Crippen LogP contribution in [0.1, 0.15) is 15.4 Å². The van der Waals surface area contributed by atoms with Crippen LogP contribution in [0.3, 0.4) is 0 Å². The van der Waals surface area contributed by atoms with E-state index < -0.39 is 0 Å². The molecule has 0 atom stereocenters. The highest BCUT2D eigenvalue weighted by Gasteiger charge is 2.24. The molecule has 0 unspecified atom stereocenters. The molecule has 1 aromatic heterocycles. The van der Waals surface area contributed by atoms with Gasteiger partial charge in [0.15, 0.2) is 0 Å². The molecule has 1 aliphatic rings. The smallest absolute Gasteiger partial charge is 0.255 e. The molecule has 1 amide bonds. The standard InChI is InChI=1S/C22H23N3OS2/c1-27-20-10-6-5-9-18(20)22(26)25-13-11-24(12-14-25)15-21-23-19(16-28-21)17-7-3-2-4-8-17/h2-10,16H,11-15H2,1H3. The van der Waals surface area contributed by atoms with E-state index in [4.69, 9.17) is 4.98 Å². The van der Waals surface area contributed by atoms with Crippen molar-refractivity contribution in [3.8, 4) is 11.3 Å². The minimum absolute atomic E-state index is 0.144. The van der Waals surface area contributed by atoms with E-state index in [1.165, 1.54) is 0 Å². The molecule has 144 valence electrons. The van der Waals surface area contributed by atoms with E-state index >= 15 is 0 Å². The minimum Gasteiger partial charge on any atom is -0.336 e. The van der Waals surface area contributed by atoms with Gasteiger partial charge in [0.2, 0.25) is 0 Å². The predicted octanol–water partition coefficient (Wildman–Crippen LogP) is 4.49. The Morgan fingerprint density at radius 2 is 1.75 bits per heavy atom. The van der Waals surface area contributed by atoms with Crippen molar-refractivity contribution >= 4 is 29.0 Å². The van der Waals surface area contributed by atoms with Gasteiger partial charge in [0.25, 0.3) is 5.91 Å². The SMILES string of the molecule is CSc1ccccc1C(=O)N1CCN(Cc2nc(-c3ccccc3)cs2)CC1. The van der Waals surface area contributed by atoms with Crippen LogP contribution >= 0.6 is 23.1 Å². The number of thiazole rings is 1. The predicted molar refractivity (Wildman–Crippen MR) is 117 cm³/mol. The number of nitrogens with zero attached hydrogens (tertiary/aromatic N) is 3. The van der Waals surface area contributed by atoms with Gasteiger partial charge in [-0.1, -0.05) is 42.5 Å². The monoisotopic (exact) mass is 409 g/mol. The average Bonchev–Trinajstić information content (AvgIpc) is 3.23. The summed E-state index contributed by atoms with van der Waals surface area (Å²) in [5.41, 5.74) is 3.02. The van der Waals surface area contributed by atoms with Crippen LogP contribution < -0.4 is 0 Å². The lowest BCUT2D eigenvalue weighted by Gasteiger charge is -2.34. The average molecular weight is 410 g/mol. The molecule has 0 spiro atoms. The zero-order valence-electron chi connectivity index (χ0n) is 15.9. The fourth-order valence-electron chi connectivity index (χ4n) is 3.42. The van der Waals surface area contributed by atoms with Gasteiger partial charge in [-0.15, -0.1) is 23.1 Å². The number of carbonyl (C=O) groups excluding carboxylic acids is 1. The molecule has 0 radical (unpaired) electrons. The molecule has 4 rings (SSSR count). The Labute approximate surface area is 174 Å². The number of hydrogen-bond acceptors (Lipinski definition) is 5. The zero-order chi connectivity index (χ0) is 19.3. The van der Waals surface area contributed by atoms with Crippen molar-refractivity contribution in [2.45, 2.75) is 11.4 Å². The third-order valence-corrected chi connectivity index (χ3v) is 6.61. The van der Waals surface area contributed by atoms with E-state index in [1.807, 2.05) is 53.6 Å². The number of amides is 1. The molecule has 4 nitrogen and oxygen atoms in total. The van der Waals surface area contributed by atoms with Gasteiger partial charge in [-0.05, 0) is 18.4 Å². The van der Waals surface area contributed by atoms with E-state index in [-0.39, 0.29) is 5.91 Å². The Bertz CT molecular complexity index is 934. The highest BCUT2D eigenvalue weighted by molar-refractivity contribution is 7.98. The Kier molecular flexibility index (Phi) is 6.10. The van der Waals surface area contributed by atoms with Gasteiger partial charge >= 0.3 is 0 Å². The van der Waals surface area contributed by atoms with E-state index in [9.17, 15) is 4.79 Å². The summed E-state index contributed by atoms with van der Waals surface area (Å²) < 4.78 is 0. The van der Waals surface area contributed by atoms with Crippen LogP contribution in [0, 0.1) is 0 Å². The highest BCUT2D eigenvalue weighted by atomic mass is 32.2. The fourth-order valence-corrected chi connectivity index (χ4v) is 4.85. The van der Waals surface area contributed by atoms with Crippen LogP contribution in [0.5, 0.6) is 0 Å². The van der Waals surface area contributed by atoms with Crippen molar-refractivity contribution in [3.05, 3.63) is 70.5 Å². The molecule has 1 saturated heterocycles. The molecule has 2 aromatic carbocycles. The highest BCUT2D eigenvalue weighted by Crippen LogP contribution is 2.24. The number of thioether (sulfide) groups is 1. The normalized spacial score (nSPS) is 15.0. The first kappa shape index (κ1) is 19.2. The lowest BCUT2D eigenvalue weighted by atomic mass is 10.2. The summed E-state index contributed by atoms with van der Waals surface area (Å²) >= 11 is 3.34. The van der Waals surface area contributed by atoms with Crippen molar-refractivity contribution in [1.29, 1.82) is 0 Å². The molecule has 6 heteroatoms. The Balaban J connectivity index is 1.35. The van der Waals surface area contributed by atoms with Crippen molar-refractivity contribution in [3.63, 3.8) is 0 Å². The van der Waals surface area contributed by atoms with Gasteiger partial charge in [0.1, 0.15) is 5.01 Å². The largest absolute Gasteiger partial charge is 0.336 e. The molecule has 2 heterocycles. The summed E-state index contributed by atoms with van der Waals surface area (Å²) in [4.78, 5) is 23.1. The van der Waals surface area contributed by atoms with Crippen LogP contribution in [0.15, 0.2) is 64.9 Å². The first-order valence-electron chi connectivity index (χ1n) is 9.39. The number of aromatic nitrogens is 1. The molecule has 0 saturated carbocycles. The second-order valence-corrected chi connectivity index (χ2v) is 8.55. The minimum atomic E-state index is 0.144. The lowest BCUT2D eigenvalue weighted by Crippen LogP contribution is -2.48. The van der Waals surface area contributed by atoms with E-state index in [0.717, 1.165) is 59.4 Å². The van der Waals surface area contributed by atoms with Crippen LogP contribution in [0.4, 0.5) is 0 Å². The first-order valence-corrected chi connectivity index (χ1v) is 11.5. The molecule has 0 N–H and O–H groups in total. The van der Waals surface area contributed by atoms with Gasteiger partial charge in [-0.25, -0.2) is 4.98 Å². The van der Waals surface area contributed by atoms with Gasteiger partial charge in [0.05, 0.1) is 17.8 Å². The molecule has 0 aliphatic carbocycles. The molecule has 1 aliphatic heterocycles. The number of benzene rings is 2. The lowest BCUT2D eigenvalue weighted by molar-refractivity contribution is 0.0625. The summed E-state index contributed by atoms with van der Waals surface area (Å²) in [6.45, 7) is 4.14. The molecule has 28 heavy (non-hydrogen) atoms. The van der Waals surface area contributed by atoms with Crippen LogP contribution in [-0.2, 0) is 6.54 Å². The van der Waals surface area contributed by atoms with Crippen LogP contribution in [0.2, 0.25) is 0 Å². The summed E-state index contributed by atoms with van der Waals surface area (Å²) in [5, 5.41) is 3.26. The summed E-state index contributed by atoms with van der Waals surface area (Å²) in [6, 6.07) is 18.2. The molecule has 3 aromatic rings. The van der Waals surface area contributed by atoms with Crippen molar-refractivity contribution in [2.24, 2.45) is 0 Å². The number of rotatable bonds is 5. The first-order chi connectivity index (χ1) is 13.7. The van der Waals surface area contributed by atoms with Crippen LogP contribution in [0.25, 0.3) is 11.3 Å². The topological polar surface area (TPSA) is 36.4 Å². The molecular formula is C22H23N3OS2. The van der Waals surface area contributed by atoms with Gasteiger partial charge in [-0.2, -0.15) is 0 Å². The third-order valence-electron chi connectivity index (χ3n) is 4.98. The maximum Gasteiger partial charge on any atom is 0.255 e. The van der Waals surface area contributed by atoms with E-state index in [1.54, 1.807) is 23.1 Å². The molecule has 1 fully saturated rings. The maximum absolute atomic E-state index is 12.9. The van der Waals surface area contributed by atoms with Crippen molar-refractivity contribution in [2.75, 3.05) is 32.4 Å². The summed E-state index contributed by atoms with van der Waals surface area (Å²) in [7, 11) is 0. The van der Waals surface area contributed by atoms with Gasteiger partial charge in [-0.3, -0.25) is 9.69 Å². The summed E-state index contributed by atoms with van der Waals surface area (Å²) in [6.07, 6.45) is 2.02. The Hall–Kier alpha value is -2.15. The fraction of sp³-hybridized carbons (Fsp3) is 0.273. The third kappa shape index (κ3) is 4.29. The van der Waals surface area contributed by atoms with Gasteiger partial charge in [0, 0.05) is 42.0 Å². The number of hydrogen-bond donors (Lipinski definition) is 0. The van der Waals surface area contributed by atoms with Gasteiger partial charge < -0.3 is 4.90 Å². The second-order valence-electron chi connectivity index (χ2n) is 6.76.